The number of amides is 1. The highest BCUT2D eigenvalue weighted by Gasteiger charge is 2.17. The van der Waals surface area contributed by atoms with Crippen molar-refractivity contribution in [2.24, 2.45) is 0 Å². The Kier molecular flexibility index (Phi) is 5.39. The molecule has 0 spiro atoms. The monoisotopic (exact) mass is 376 g/mol. The summed E-state index contributed by atoms with van der Waals surface area (Å²) in [6, 6.07) is 18.7. The molecular weight excluding hydrogens is 360 g/mol. The Morgan fingerprint density at radius 3 is 2.48 bits per heavy atom. The van der Waals surface area contributed by atoms with Gasteiger partial charge in [-0.05, 0) is 43.7 Å². The van der Waals surface area contributed by atoms with Crippen LogP contribution < -0.4 is 5.32 Å². The highest BCUT2D eigenvalue weighted by Crippen LogP contribution is 2.26. The van der Waals surface area contributed by atoms with Gasteiger partial charge in [0.2, 0.25) is 0 Å². The number of hydrogen-bond donors (Lipinski definition) is 1. The van der Waals surface area contributed by atoms with E-state index >= 15 is 0 Å². The predicted octanol–water partition coefficient (Wildman–Crippen LogP) is 4.69. The molecule has 0 aliphatic rings. The van der Waals surface area contributed by atoms with Crippen LogP contribution in [0.3, 0.4) is 0 Å². The number of anilines is 1. The summed E-state index contributed by atoms with van der Waals surface area (Å²) in [6.07, 6.45) is 1.47. The van der Waals surface area contributed by atoms with E-state index in [1.165, 1.54) is 6.08 Å². The van der Waals surface area contributed by atoms with Gasteiger partial charge in [0.25, 0.3) is 5.91 Å². The molecule has 27 heavy (non-hydrogen) atoms. The minimum absolute atomic E-state index is 0.0455. The second kappa shape index (κ2) is 7.90. The van der Waals surface area contributed by atoms with Crippen molar-refractivity contribution in [1.29, 1.82) is 5.26 Å². The summed E-state index contributed by atoms with van der Waals surface area (Å²) in [5.41, 5.74) is 3.49. The number of nitrogens with one attached hydrogen (secondary N) is 1. The average Bonchev–Trinajstić information content (AvgIpc) is 2.96. The number of halogens is 1. The molecule has 0 aliphatic heterocycles. The molecule has 0 saturated carbocycles. The van der Waals surface area contributed by atoms with Crippen LogP contribution in [0.4, 0.5) is 5.69 Å². The number of nitriles is 1. The van der Waals surface area contributed by atoms with Crippen LogP contribution in [-0.2, 0) is 4.79 Å². The van der Waals surface area contributed by atoms with E-state index in [1.807, 2.05) is 61.5 Å². The van der Waals surface area contributed by atoms with E-state index in [2.05, 4.69) is 10.4 Å². The van der Waals surface area contributed by atoms with Crippen LogP contribution >= 0.6 is 11.6 Å². The van der Waals surface area contributed by atoms with Crippen LogP contribution in [0, 0.1) is 25.2 Å². The molecule has 6 heteroatoms. The first-order valence-electron chi connectivity index (χ1n) is 8.30. The maximum atomic E-state index is 12.5. The van der Waals surface area contributed by atoms with Gasteiger partial charge >= 0.3 is 0 Å². The van der Waals surface area contributed by atoms with Crippen molar-refractivity contribution < 1.29 is 4.79 Å². The number of rotatable bonds is 4. The van der Waals surface area contributed by atoms with Crippen molar-refractivity contribution in [2.45, 2.75) is 13.8 Å². The lowest BCUT2D eigenvalue weighted by Gasteiger charge is -2.07. The minimum atomic E-state index is -0.491. The largest absolute Gasteiger partial charge is 0.321 e. The van der Waals surface area contributed by atoms with Crippen molar-refractivity contribution in [2.75, 3.05) is 5.32 Å². The fourth-order valence-electron chi connectivity index (χ4n) is 2.61. The number of para-hydroxylation sites is 2. The molecule has 0 saturated heterocycles. The molecule has 0 radical (unpaired) electrons. The van der Waals surface area contributed by atoms with E-state index in [-0.39, 0.29) is 5.57 Å². The van der Waals surface area contributed by atoms with Crippen molar-refractivity contribution in [3.05, 3.63) is 82.1 Å². The van der Waals surface area contributed by atoms with E-state index in [0.717, 1.165) is 11.3 Å². The Morgan fingerprint density at radius 1 is 1.15 bits per heavy atom. The van der Waals surface area contributed by atoms with Crippen molar-refractivity contribution >= 4 is 29.3 Å². The lowest BCUT2D eigenvalue weighted by molar-refractivity contribution is -0.112. The molecule has 1 aromatic heterocycles. The molecular formula is C21H17ClN4O. The van der Waals surface area contributed by atoms with Gasteiger partial charge in [-0.25, -0.2) is 4.68 Å². The first-order chi connectivity index (χ1) is 13.0. The van der Waals surface area contributed by atoms with Crippen LogP contribution in [0.2, 0.25) is 5.15 Å². The summed E-state index contributed by atoms with van der Waals surface area (Å²) in [5.74, 6) is -0.491. The molecule has 2 aromatic carbocycles. The Labute approximate surface area is 162 Å². The highest BCUT2D eigenvalue weighted by atomic mass is 35.5. The molecule has 0 fully saturated rings. The maximum Gasteiger partial charge on any atom is 0.266 e. The first kappa shape index (κ1) is 18.4. The van der Waals surface area contributed by atoms with Gasteiger partial charge in [-0.1, -0.05) is 48.0 Å². The molecule has 0 aliphatic carbocycles. The van der Waals surface area contributed by atoms with E-state index < -0.39 is 5.91 Å². The standard InChI is InChI=1S/C21H17ClN4O/c1-14-8-6-7-11-19(14)24-21(27)16(13-23)12-18-15(2)25-26(20(18)22)17-9-4-3-5-10-17/h3-12H,1-2H3,(H,24,27)/b16-12+. The molecule has 3 rings (SSSR count). The maximum absolute atomic E-state index is 12.5. The Morgan fingerprint density at radius 2 is 1.81 bits per heavy atom. The molecule has 134 valence electrons. The SMILES string of the molecule is Cc1ccccc1NC(=O)/C(C#N)=C/c1c(C)nn(-c2ccccc2)c1Cl. The summed E-state index contributed by atoms with van der Waals surface area (Å²) in [7, 11) is 0. The van der Waals surface area contributed by atoms with Gasteiger partial charge in [-0.2, -0.15) is 10.4 Å². The smallest absolute Gasteiger partial charge is 0.266 e. The molecule has 1 amide bonds. The van der Waals surface area contributed by atoms with Crippen molar-refractivity contribution in [3.8, 4) is 11.8 Å². The van der Waals surface area contributed by atoms with Crippen LogP contribution in [0.5, 0.6) is 0 Å². The third-order valence-electron chi connectivity index (χ3n) is 4.10. The highest BCUT2D eigenvalue weighted by molar-refractivity contribution is 6.31. The van der Waals surface area contributed by atoms with Crippen LogP contribution in [-0.4, -0.2) is 15.7 Å². The Hall–Kier alpha value is -3.36. The number of hydrogen-bond acceptors (Lipinski definition) is 3. The third kappa shape index (κ3) is 3.91. The van der Waals surface area contributed by atoms with E-state index in [9.17, 15) is 10.1 Å². The van der Waals surface area contributed by atoms with E-state index in [1.54, 1.807) is 17.7 Å². The van der Waals surface area contributed by atoms with Gasteiger partial charge in [-0.3, -0.25) is 4.79 Å². The average molecular weight is 377 g/mol. The van der Waals surface area contributed by atoms with Gasteiger partial charge in [0.15, 0.2) is 0 Å². The number of aryl methyl sites for hydroxylation is 2. The van der Waals surface area contributed by atoms with Crippen molar-refractivity contribution in [3.63, 3.8) is 0 Å². The Bertz CT molecular complexity index is 1060. The quantitative estimate of drug-likeness (QED) is 0.530. The number of carbonyl (C=O) groups is 1. The van der Waals surface area contributed by atoms with Crippen LogP contribution in [0.1, 0.15) is 16.8 Å². The van der Waals surface area contributed by atoms with Gasteiger partial charge in [0, 0.05) is 11.3 Å². The molecule has 0 bridgehead atoms. The second-order valence-corrected chi connectivity index (χ2v) is 6.33. The third-order valence-corrected chi connectivity index (χ3v) is 4.46. The van der Waals surface area contributed by atoms with Gasteiger partial charge in [0.1, 0.15) is 16.8 Å². The van der Waals surface area contributed by atoms with E-state index in [4.69, 9.17) is 11.6 Å². The summed E-state index contributed by atoms with van der Waals surface area (Å²) in [6.45, 7) is 3.67. The van der Waals surface area contributed by atoms with Crippen molar-refractivity contribution in [1.82, 2.24) is 9.78 Å². The second-order valence-electron chi connectivity index (χ2n) is 5.98. The fourth-order valence-corrected chi connectivity index (χ4v) is 2.94. The zero-order chi connectivity index (χ0) is 19.4. The molecule has 5 nitrogen and oxygen atoms in total. The molecule has 0 unspecified atom stereocenters. The topological polar surface area (TPSA) is 70.7 Å². The summed E-state index contributed by atoms with van der Waals surface area (Å²) in [4.78, 5) is 12.5. The van der Waals surface area contributed by atoms with Gasteiger partial charge in [-0.15, -0.1) is 0 Å². The fraction of sp³-hybridized carbons (Fsp3) is 0.0952. The van der Waals surface area contributed by atoms with Gasteiger partial charge in [0.05, 0.1) is 11.4 Å². The van der Waals surface area contributed by atoms with Gasteiger partial charge < -0.3 is 5.32 Å². The summed E-state index contributed by atoms with van der Waals surface area (Å²) >= 11 is 6.47. The number of carbonyl (C=O) groups excluding carboxylic acids is 1. The number of benzene rings is 2. The summed E-state index contributed by atoms with van der Waals surface area (Å²) in [5, 5.41) is 17.0. The zero-order valence-electron chi connectivity index (χ0n) is 14.9. The number of aromatic nitrogens is 2. The summed E-state index contributed by atoms with van der Waals surface area (Å²) < 4.78 is 1.58. The lowest BCUT2D eigenvalue weighted by Crippen LogP contribution is -2.14. The predicted molar refractivity (Wildman–Crippen MR) is 107 cm³/mol. The van der Waals surface area contributed by atoms with Crippen LogP contribution in [0.25, 0.3) is 11.8 Å². The molecule has 1 heterocycles. The number of nitrogens with zero attached hydrogens (tertiary/aromatic N) is 3. The van der Waals surface area contributed by atoms with Crippen LogP contribution in [0.15, 0.2) is 60.2 Å². The normalized spacial score (nSPS) is 11.1. The van der Waals surface area contributed by atoms with E-state index in [0.29, 0.717) is 22.1 Å². The zero-order valence-corrected chi connectivity index (χ0v) is 15.7. The molecule has 0 atom stereocenters. The Balaban J connectivity index is 1.95. The molecule has 3 aromatic rings. The minimum Gasteiger partial charge on any atom is -0.321 e. The first-order valence-corrected chi connectivity index (χ1v) is 8.68. The molecule has 1 N–H and O–H groups in total. The lowest BCUT2D eigenvalue weighted by atomic mass is 10.1.